The fourth-order valence-corrected chi connectivity index (χ4v) is 4.65. The molecule has 2 aromatic carbocycles. The molecule has 1 atom stereocenters. The van der Waals surface area contributed by atoms with Gasteiger partial charge in [-0.15, -0.1) is 0 Å². The van der Waals surface area contributed by atoms with E-state index in [1.165, 1.54) is 0 Å². The third kappa shape index (κ3) is 6.87. The lowest BCUT2D eigenvalue weighted by atomic mass is 9.86. The number of halogens is 1. The lowest BCUT2D eigenvalue weighted by molar-refractivity contribution is -0.122. The van der Waals surface area contributed by atoms with E-state index >= 15 is 0 Å². The van der Waals surface area contributed by atoms with Crippen LogP contribution in [0.3, 0.4) is 0 Å². The monoisotopic (exact) mass is 466 g/mol. The van der Waals surface area contributed by atoms with Crippen molar-refractivity contribution in [3.63, 3.8) is 0 Å². The number of para-hydroxylation sites is 1. The standard InChI is InChI=1S/C23H31ClN2O4S/c1-6-20(26(31(5,28)29)18-13-11-17(24)12-14-18)22(27)25-15-16-30-21-10-8-7-9-19(21)23(2,3)4/h7-14,20H,6,15-16H2,1-5H3,(H,25,27). The Kier molecular flexibility index (Phi) is 8.37. The normalized spacial score (nSPS) is 12.8. The van der Waals surface area contributed by atoms with Crippen LogP contribution in [-0.4, -0.2) is 39.8 Å². The number of hydrogen-bond acceptors (Lipinski definition) is 4. The van der Waals surface area contributed by atoms with Gasteiger partial charge in [0, 0.05) is 5.02 Å². The van der Waals surface area contributed by atoms with Crippen molar-refractivity contribution >= 4 is 33.2 Å². The van der Waals surface area contributed by atoms with Gasteiger partial charge in [0.05, 0.1) is 18.5 Å². The van der Waals surface area contributed by atoms with E-state index in [0.29, 0.717) is 17.1 Å². The third-order valence-electron chi connectivity index (χ3n) is 4.76. The molecule has 0 radical (unpaired) electrons. The van der Waals surface area contributed by atoms with Crippen LogP contribution < -0.4 is 14.4 Å². The van der Waals surface area contributed by atoms with Crippen molar-refractivity contribution in [3.05, 3.63) is 59.1 Å². The van der Waals surface area contributed by atoms with E-state index in [1.54, 1.807) is 31.2 Å². The average Bonchev–Trinajstić information content (AvgIpc) is 2.68. The summed E-state index contributed by atoms with van der Waals surface area (Å²) in [5.41, 5.74) is 1.41. The summed E-state index contributed by atoms with van der Waals surface area (Å²) in [5, 5.41) is 3.29. The molecule has 0 bridgehead atoms. The van der Waals surface area contributed by atoms with Gasteiger partial charge in [0.1, 0.15) is 18.4 Å². The number of rotatable bonds is 9. The first-order valence-electron chi connectivity index (χ1n) is 10.2. The van der Waals surface area contributed by atoms with Crippen molar-refractivity contribution in [3.8, 4) is 5.75 Å². The molecule has 6 nitrogen and oxygen atoms in total. The molecule has 2 aromatic rings. The minimum atomic E-state index is -3.68. The van der Waals surface area contributed by atoms with E-state index in [-0.39, 0.29) is 24.5 Å². The van der Waals surface area contributed by atoms with Crippen LogP contribution in [0.25, 0.3) is 0 Å². The highest BCUT2D eigenvalue weighted by atomic mass is 35.5. The van der Waals surface area contributed by atoms with Crippen LogP contribution in [0.15, 0.2) is 48.5 Å². The van der Waals surface area contributed by atoms with E-state index in [2.05, 4.69) is 26.1 Å². The average molecular weight is 467 g/mol. The van der Waals surface area contributed by atoms with Gasteiger partial charge in [-0.2, -0.15) is 0 Å². The second kappa shape index (κ2) is 10.4. The number of sulfonamides is 1. The summed E-state index contributed by atoms with van der Waals surface area (Å²) < 4.78 is 31.9. The zero-order valence-corrected chi connectivity index (χ0v) is 20.3. The number of benzene rings is 2. The predicted octanol–water partition coefficient (Wildman–Crippen LogP) is 4.38. The first-order valence-corrected chi connectivity index (χ1v) is 12.4. The van der Waals surface area contributed by atoms with Gasteiger partial charge in [-0.05, 0) is 47.7 Å². The Labute approximate surface area is 190 Å². The molecule has 2 rings (SSSR count). The number of hydrogen-bond donors (Lipinski definition) is 1. The molecule has 0 fully saturated rings. The van der Waals surface area contributed by atoms with Crippen molar-refractivity contribution in [2.24, 2.45) is 0 Å². The highest BCUT2D eigenvalue weighted by Crippen LogP contribution is 2.30. The summed E-state index contributed by atoms with van der Waals surface area (Å²) in [6, 6.07) is 13.3. The number of nitrogens with zero attached hydrogens (tertiary/aromatic N) is 1. The molecule has 1 amide bonds. The van der Waals surface area contributed by atoms with Gasteiger partial charge in [-0.1, -0.05) is 57.5 Å². The predicted molar refractivity (Wildman–Crippen MR) is 127 cm³/mol. The van der Waals surface area contributed by atoms with Crippen molar-refractivity contribution in [2.75, 3.05) is 23.7 Å². The lowest BCUT2D eigenvalue weighted by Crippen LogP contribution is -2.50. The smallest absolute Gasteiger partial charge is 0.244 e. The Hall–Kier alpha value is -2.25. The summed E-state index contributed by atoms with van der Waals surface area (Å²) in [4.78, 5) is 12.8. The summed E-state index contributed by atoms with van der Waals surface area (Å²) in [5.74, 6) is 0.394. The van der Waals surface area contributed by atoms with Crippen LogP contribution in [0.1, 0.15) is 39.7 Å². The molecule has 0 aliphatic heterocycles. The van der Waals surface area contributed by atoms with Crippen molar-refractivity contribution in [1.82, 2.24) is 5.32 Å². The number of nitrogens with one attached hydrogen (secondary N) is 1. The summed E-state index contributed by atoms with van der Waals surface area (Å²) in [6.45, 7) is 8.63. The largest absolute Gasteiger partial charge is 0.491 e. The molecule has 1 N–H and O–H groups in total. The fourth-order valence-electron chi connectivity index (χ4n) is 3.31. The summed E-state index contributed by atoms with van der Waals surface area (Å²) in [6.07, 6.45) is 1.40. The molecule has 1 unspecified atom stereocenters. The topological polar surface area (TPSA) is 75.7 Å². The highest BCUT2D eigenvalue weighted by Gasteiger charge is 2.31. The second-order valence-electron chi connectivity index (χ2n) is 8.34. The molecule has 0 aliphatic carbocycles. The SMILES string of the molecule is CCC(C(=O)NCCOc1ccccc1C(C)(C)C)N(c1ccc(Cl)cc1)S(C)(=O)=O. The number of anilines is 1. The highest BCUT2D eigenvalue weighted by molar-refractivity contribution is 7.92. The zero-order chi connectivity index (χ0) is 23.2. The van der Waals surface area contributed by atoms with Gasteiger partial charge in [0.25, 0.3) is 0 Å². The lowest BCUT2D eigenvalue weighted by Gasteiger charge is -2.30. The Balaban J connectivity index is 2.07. The maximum atomic E-state index is 12.8. The summed E-state index contributed by atoms with van der Waals surface area (Å²) in [7, 11) is -3.68. The van der Waals surface area contributed by atoms with Crippen molar-refractivity contribution in [1.29, 1.82) is 0 Å². The number of carbonyl (C=O) groups is 1. The molecule has 170 valence electrons. The number of ether oxygens (including phenoxy) is 1. The molecule has 0 aromatic heterocycles. The van der Waals surface area contributed by atoms with Gasteiger partial charge in [-0.25, -0.2) is 8.42 Å². The molecule has 8 heteroatoms. The van der Waals surface area contributed by atoms with Crippen LogP contribution in [-0.2, 0) is 20.2 Å². The van der Waals surface area contributed by atoms with E-state index in [4.69, 9.17) is 16.3 Å². The molecular weight excluding hydrogens is 436 g/mol. The molecule has 0 aliphatic rings. The van der Waals surface area contributed by atoms with E-state index in [0.717, 1.165) is 21.9 Å². The number of carbonyl (C=O) groups excluding carboxylic acids is 1. The molecule has 0 heterocycles. The molecule has 0 spiro atoms. The van der Waals surface area contributed by atoms with Crippen LogP contribution >= 0.6 is 11.6 Å². The fraction of sp³-hybridized carbons (Fsp3) is 0.435. The Morgan fingerprint density at radius 1 is 1.13 bits per heavy atom. The molecule has 31 heavy (non-hydrogen) atoms. The molecule has 0 saturated carbocycles. The van der Waals surface area contributed by atoms with Crippen molar-refractivity contribution in [2.45, 2.75) is 45.6 Å². The van der Waals surface area contributed by atoms with Gasteiger partial charge in [0.2, 0.25) is 15.9 Å². The maximum absolute atomic E-state index is 12.8. The van der Waals surface area contributed by atoms with Crippen LogP contribution in [0, 0.1) is 0 Å². The van der Waals surface area contributed by atoms with Crippen LogP contribution in [0.4, 0.5) is 5.69 Å². The molecule has 0 saturated heterocycles. The first-order chi connectivity index (χ1) is 14.4. The third-order valence-corrected chi connectivity index (χ3v) is 6.20. The first kappa shape index (κ1) is 25.0. The van der Waals surface area contributed by atoms with Gasteiger partial charge in [0.15, 0.2) is 0 Å². The van der Waals surface area contributed by atoms with Gasteiger partial charge >= 0.3 is 0 Å². The van der Waals surface area contributed by atoms with E-state index < -0.39 is 16.1 Å². The van der Waals surface area contributed by atoms with Gasteiger partial charge < -0.3 is 10.1 Å². The van der Waals surface area contributed by atoms with E-state index in [9.17, 15) is 13.2 Å². The Bertz CT molecular complexity index is 985. The van der Waals surface area contributed by atoms with Crippen LogP contribution in [0.5, 0.6) is 5.75 Å². The minimum absolute atomic E-state index is 0.0677. The van der Waals surface area contributed by atoms with E-state index in [1.807, 2.05) is 24.3 Å². The Morgan fingerprint density at radius 3 is 2.29 bits per heavy atom. The van der Waals surface area contributed by atoms with Crippen molar-refractivity contribution < 1.29 is 17.9 Å². The molecular formula is C23H31ClN2O4S. The second-order valence-corrected chi connectivity index (χ2v) is 10.6. The number of amides is 1. The quantitative estimate of drug-likeness (QED) is 0.556. The summed E-state index contributed by atoms with van der Waals surface area (Å²) >= 11 is 5.92. The maximum Gasteiger partial charge on any atom is 0.244 e. The Morgan fingerprint density at radius 2 is 1.74 bits per heavy atom. The zero-order valence-electron chi connectivity index (χ0n) is 18.7. The minimum Gasteiger partial charge on any atom is -0.491 e. The van der Waals surface area contributed by atoms with Gasteiger partial charge in [-0.3, -0.25) is 9.10 Å². The van der Waals surface area contributed by atoms with Crippen LogP contribution in [0.2, 0.25) is 5.02 Å².